The molecule has 0 amide bonds. The van der Waals surface area contributed by atoms with Crippen LogP contribution in [0.1, 0.15) is 24.8 Å². The molecule has 0 spiro atoms. The van der Waals surface area contributed by atoms with Crippen molar-refractivity contribution in [3.63, 3.8) is 0 Å². The fourth-order valence-corrected chi connectivity index (χ4v) is 4.41. The van der Waals surface area contributed by atoms with Gasteiger partial charge in [-0.2, -0.15) is 0 Å². The van der Waals surface area contributed by atoms with Crippen LogP contribution in [0.5, 0.6) is 0 Å². The molecular weight excluding hydrogens is 425 g/mol. The van der Waals surface area contributed by atoms with Crippen LogP contribution in [0.3, 0.4) is 0 Å². The number of aryl methyl sites for hydroxylation is 1. The first kappa shape index (κ1) is 20.5. The maximum absolute atomic E-state index is 13.7. The normalized spacial score (nSPS) is 14.5. The van der Waals surface area contributed by atoms with Crippen molar-refractivity contribution in [2.75, 3.05) is 5.32 Å². The predicted octanol–water partition coefficient (Wildman–Crippen LogP) is 6.17. The second-order valence-electron chi connectivity index (χ2n) is 8.86. The van der Waals surface area contributed by atoms with Crippen molar-refractivity contribution >= 4 is 22.4 Å². The number of benzene rings is 3. The highest BCUT2D eigenvalue weighted by atomic mass is 19.1. The van der Waals surface area contributed by atoms with Gasteiger partial charge in [-0.25, -0.2) is 9.37 Å². The lowest BCUT2D eigenvalue weighted by Crippen LogP contribution is -2.22. The van der Waals surface area contributed by atoms with Crippen LogP contribution in [0.2, 0.25) is 0 Å². The Morgan fingerprint density at radius 1 is 1.00 bits per heavy atom. The summed E-state index contributed by atoms with van der Waals surface area (Å²) in [5, 5.41) is 4.41. The lowest BCUT2D eigenvalue weighted by atomic mass is 9.94. The molecule has 1 aliphatic heterocycles. The third-order valence-electron chi connectivity index (χ3n) is 6.33. The minimum atomic E-state index is -0.258. The van der Waals surface area contributed by atoms with E-state index in [1.807, 2.05) is 43.6 Å². The Morgan fingerprint density at radius 3 is 2.59 bits per heavy atom. The Balaban J connectivity index is 1.63. The van der Waals surface area contributed by atoms with Crippen LogP contribution in [0.15, 0.2) is 84.1 Å². The Bertz CT molecular complexity index is 1530. The fraction of sp³-hybridized carbons (Fsp3) is 0.179. The highest BCUT2D eigenvalue weighted by Crippen LogP contribution is 2.31. The molecule has 3 aliphatic rings. The third kappa shape index (κ3) is 3.81. The van der Waals surface area contributed by atoms with Crippen molar-refractivity contribution in [2.45, 2.75) is 32.2 Å². The summed E-state index contributed by atoms with van der Waals surface area (Å²) in [4.78, 5) is 14.4. The summed E-state index contributed by atoms with van der Waals surface area (Å²) in [5.74, 6) is -0.258. The number of halogens is 1. The van der Waals surface area contributed by atoms with Crippen molar-refractivity contribution < 1.29 is 4.39 Å². The molecule has 0 saturated heterocycles. The van der Waals surface area contributed by atoms with E-state index in [0.717, 1.165) is 63.2 Å². The second kappa shape index (κ2) is 8.37. The van der Waals surface area contributed by atoms with Gasteiger partial charge in [0.2, 0.25) is 0 Å². The van der Waals surface area contributed by atoms with Gasteiger partial charge in [-0.15, -0.1) is 0 Å². The van der Waals surface area contributed by atoms with Crippen LogP contribution in [0.4, 0.5) is 15.8 Å². The zero-order chi connectivity index (χ0) is 23.1. The van der Waals surface area contributed by atoms with Gasteiger partial charge in [0, 0.05) is 11.9 Å². The van der Waals surface area contributed by atoms with E-state index in [4.69, 9.17) is 9.98 Å². The fourth-order valence-electron chi connectivity index (χ4n) is 4.41. The minimum Gasteiger partial charge on any atom is -0.352 e. The number of nitrogens with zero attached hydrogens (tertiary/aromatic N) is 4. The third-order valence-corrected chi connectivity index (χ3v) is 6.33. The van der Waals surface area contributed by atoms with Gasteiger partial charge in [0.05, 0.1) is 51.4 Å². The highest BCUT2D eigenvalue weighted by molar-refractivity contribution is 5.84. The van der Waals surface area contributed by atoms with Crippen LogP contribution in [0.25, 0.3) is 28.1 Å². The molecule has 0 bridgehead atoms. The van der Waals surface area contributed by atoms with Crippen LogP contribution in [-0.4, -0.2) is 20.6 Å². The number of fused-ring (bicyclic) bond motifs is 2. The van der Waals surface area contributed by atoms with Gasteiger partial charge in [0.15, 0.2) is 0 Å². The molecule has 0 unspecified atom stereocenters. The summed E-state index contributed by atoms with van der Waals surface area (Å²) in [7, 11) is 0. The van der Waals surface area contributed by atoms with Gasteiger partial charge in [-0.05, 0) is 86.3 Å². The average molecular weight is 450 g/mol. The molecule has 2 heterocycles. The maximum atomic E-state index is 13.7. The molecule has 6 heteroatoms. The highest BCUT2D eigenvalue weighted by Gasteiger charge is 2.19. The minimum absolute atomic E-state index is 0.258. The molecular formula is C28H24FN5. The Morgan fingerprint density at radius 2 is 1.82 bits per heavy atom. The summed E-state index contributed by atoms with van der Waals surface area (Å²) in [5.41, 5.74) is 7.36. The standard InChI is InChI=1S/C28H24FN5/c1-18-13-21(17-30-16-18)32-24-14-26-28(15-25(24)31-20-5-4-6-20)34(22-11-9-19(29)10-12-22)27-8-3-2-7-23(27)33-26/h2-3,7-17,20,32H,4-6H2,1H3/b31-25+. The van der Waals surface area contributed by atoms with Crippen molar-refractivity contribution in [3.05, 3.63) is 95.9 Å². The summed E-state index contributed by atoms with van der Waals surface area (Å²) >= 11 is 0. The second-order valence-corrected chi connectivity index (χ2v) is 8.86. The van der Waals surface area contributed by atoms with E-state index in [0.29, 0.717) is 6.04 Å². The van der Waals surface area contributed by atoms with Gasteiger partial charge < -0.3 is 9.88 Å². The van der Waals surface area contributed by atoms with Crippen LogP contribution >= 0.6 is 0 Å². The number of hydrogen-bond acceptors (Lipinski definition) is 4. The van der Waals surface area contributed by atoms with E-state index in [1.165, 1.54) is 18.6 Å². The number of rotatable bonds is 4. The van der Waals surface area contributed by atoms with Crippen molar-refractivity contribution in [1.82, 2.24) is 14.5 Å². The van der Waals surface area contributed by atoms with Crippen LogP contribution < -0.4 is 10.7 Å². The van der Waals surface area contributed by atoms with E-state index in [2.05, 4.69) is 33.1 Å². The van der Waals surface area contributed by atoms with E-state index in [9.17, 15) is 4.39 Å². The summed E-state index contributed by atoms with van der Waals surface area (Å²) in [6.07, 6.45) is 7.09. The lowest BCUT2D eigenvalue weighted by Gasteiger charge is -2.23. The van der Waals surface area contributed by atoms with Gasteiger partial charge in [0.25, 0.3) is 0 Å². The van der Waals surface area contributed by atoms with Crippen LogP contribution in [-0.2, 0) is 0 Å². The molecule has 1 N–H and O–H groups in total. The quantitative estimate of drug-likeness (QED) is 0.334. The Hall–Kier alpha value is -4.06. The summed E-state index contributed by atoms with van der Waals surface area (Å²) in [6.45, 7) is 2.03. The largest absolute Gasteiger partial charge is 0.352 e. The van der Waals surface area contributed by atoms with E-state index in [1.54, 1.807) is 12.1 Å². The SMILES string of the molecule is Cc1cncc(Nc2cc3nc4ccccc4n(-c4ccc(F)cc4)c-3c/c2=N\C2CCC2)c1. The first-order valence-electron chi connectivity index (χ1n) is 11.6. The molecule has 1 aromatic heterocycles. The molecule has 0 radical (unpaired) electrons. The van der Waals surface area contributed by atoms with E-state index < -0.39 is 0 Å². The van der Waals surface area contributed by atoms with Gasteiger partial charge in [-0.1, -0.05) is 12.1 Å². The Kier molecular flexibility index (Phi) is 5.06. The van der Waals surface area contributed by atoms with Gasteiger partial charge in [0.1, 0.15) is 5.82 Å². The molecule has 3 aromatic rings. The van der Waals surface area contributed by atoms with Crippen molar-refractivity contribution in [2.24, 2.45) is 4.99 Å². The average Bonchev–Trinajstić information content (AvgIpc) is 2.81. The van der Waals surface area contributed by atoms with E-state index >= 15 is 0 Å². The molecule has 1 saturated carbocycles. The van der Waals surface area contributed by atoms with Gasteiger partial charge in [-0.3, -0.25) is 9.98 Å². The molecule has 168 valence electrons. The zero-order valence-electron chi connectivity index (χ0n) is 18.9. The number of aromatic nitrogens is 3. The first-order valence-corrected chi connectivity index (χ1v) is 11.6. The molecule has 0 atom stereocenters. The number of hydrogen-bond donors (Lipinski definition) is 1. The Labute approximate surface area is 197 Å². The molecule has 1 fully saturated rings. The van der Waals surface area contributed by atoms with Crippen LogP contribution in [0, 0.1) is 12.7 Å². The monoisotopic (exact) mass is 449 g/mol. The summed E-state index contributed by atoms with van der Waals surface area (Å²) < 4.78 is 15.9. The lowest BCUT2D eigenvalue weighted by molar-refractivity contribution is 0.413. The molecule has 5 nitrogen and oxygen atoms in total. The number of pyridine rings is 1. The molecule has 2 aliphatic carbocycles. The molecule has 6 rings (SSSR count). The maximum Gasteiger partial charge on any atom is 0.123 e. The number of anilines is 2. The number of para-hydroxylation sites is 2. The first-order chi connectivity index (χ1) is 16.6. The summed E-state index contributed by atoms with van der Waals surface area (Å²) in [6, 6.07) is 21.2. The topological polar surface area (TPSA) is 55.1 Å². The van der Waals surface area contributed by atoms with Gasteiger partial charge >= 0.3 is 0 Å². The number of nitrogens with one attached hydrogen (secondary N) is 1. The van der Waals surface area contributed by atoms with Crippen molar-refractivity contribution in [1.29, 1.82) is 0 Å². The predicted molar refractivity (Wildman–Crippen MR) is 133 cm³/mol. The zero-order valence-corrected chi connectivity index (χ0v) is 18.9. The van der Waals surface area contributed by atoms with Crippen molar-refractivity contribution in [3.8, 4) is 17.1 Å². The smallest absolute Gasteiger partial charge is 0.123 e. The van der Waals surface area contributed by atoms with E-state index in [-0.39, 0.29) is 5.82 Å². The molecule has 34 heavy (non-hydrogen) atoms. The molecule has 2 aromatic carbocycles.